The van der Waals surface area contributed by atoms with Crippen LogP contribution < -0.4 is 5.73 Å². The summed E-state index contributed by atoms with van der Waals surface area (Å²) in [6.07, 6.45) is 1.59. The summed E-state index contributed by atoms with van der Waals surface area (Å²) in [6.45, 7) is 3.69. The van der Waals surface area contributed by atoms with E-state index < -0.39 is 5.97 Å². The molecule has 0 fully saturated rings. The van der Waals surface area contributed by atoms with Crippen molar-refractivity contribution in [3.63, 3.8) is 0 Å². The minimum absolute atomic E-state index is 0.0704. The van der Waals surface area contributed by atoms with E-state index in [9.17, 15) is 4.79 Å². The monoisotopic (exact) mass is 280 g/mol. The Morgan fingerprint density at radius 2 is 2.32 bits per heavy atom. The number of nitrogen functional groups attached to an aromatic ring is 1. The molecule has 2 rings (SSSR count). The fourth-order valence-corrected chi connectivity index (χ4v) is 1.91. The minimum Gasteiger partial charge on any atom is -0.461 e. The second-order valence-corrected chi connectivity index (χ2v) is 4.16. The molecule has 0 bridgehead atoms. The van der Waals surface area contributed by atoms with Gasteiger partial charge in [0, 0.05) is 6.20 Å². The average Bonchev–Trinajstić information content (AvgIpc) is 2.66. The van der Waals surface area contributed by atoms with Crippen LogP contribution in [0.2, 0.25) is 5.02 Å². The molecule has 0 aliphatic rings. The van der Waals surface area contributed by atoms with Crippen LogP contribution in [0.3, 0.4) is 0 Å². The van der Waals surface area contributed by atoms with Crippen molar-refractivity contribution in [1.29, 1.82) is 0 Å². The number of hydrogen-bond donors (Lipinski definition) is 1. The molecular formula is C12H13ClN4O2. The first-order valence-electron chi connectivity index (χ1n) is 5.69. The third-order valence-corrected chi connectivity index (χ3v) is 2.80. The molecule has 2 aromatic heterocycles. The molecule has 6 nitrogen and oxygen atoms in total. The Kier molecular flexibility index (Phi) is 3.71. The van der Waals surface area contributed by atoms with Gasteiger partial charge in [-0.3, -0.25) is 4.57 Å². The number of nitrogens with two attached hydrogens (primary N) is 1. The van der Waals surface area contributed by atoms with Crippen LogP contribution in [0.5, 0.6) is 0 Å². The molecule has 0 saturated heterocycles. The van der Waals surface area contributed by atoms with Crippen molar-refractivity contribution in [3.8, 4) is 5.82 Å². The summed E-state index contributed by atoms with van der Waals surface area (Å²) >= 11 is 6.07. The van der Waals surface area contributed by atoms with Crippen LogP contribution in [0.25, 0.3) is 5.82 Å². The SMILES string of the molecule is CCOC(=O)c1nc(C)n(-c2ncccc2Cl)c1N. The number of esters is 1. The van der Waals surface area contributed by atoms with Crippen molar-refractivity contribution in [1.82, 2.24) is 14.5 Å². The van der Waals surface area contributed by atoms with Crippen LogP contribution in [0.4, 0.5) is 5.82 Å². The van der Waals surface area contributed by atoms with E-state index in [1.165, 1.54) is 4.57 Å². The fraction of sp³-hybridized carbons (Fsp3) is 0.250. The van der Waals surface area contributed by atoms with Crippen molar-refractivity contribution in [3.05, 3.63) is 34.9 Å². The van der Waals surface area contributed by atoms with E-state index in [1.807, 2.05) is 0 Å². The average molecular weight is 281 g/mol. The van der Waals surface area contributed by atoms with Crippen LogP contribution in [-0.4, -0.2) is 27.1 Å². The zero-order valence-corrected chi connectivity index (χ0v) is 11.3. The molecule has 0 aromatic carbocycles. The number of halogens is 1. The Morgan fingerprint density at radius 1 is 1.58 bits per heavy atom. The van der Waals surface area contributed by atoms with Crippen molar-refractivity contribution in [2.45, 2.75) is 13.8 Å². The molecule has 0 amide bonds. The van der Waals surface area contributed by atoms with Gasteiger partial charge in [-0.15, -0.1) is 0 Å². The lowest BCUT2D eigenvalue weighted by atomic mass is 10.4. The molecule has 0 spiro atoms. The summed E-state index contributed by atoms with van der Waals surface area (Å²) in [5, 5.41) is 0.421. The lowest BCUT2D eigenvalue weighted by Gasteiger charge is -2.08. The van der Waals surface area contributed by atoms with E-state index >= 15 is 0 Å². The van der Waals surface area contributed by atoms with Crippen molar-refractivity contribution in [2.75, 3.05) is 12.3 Å². The molecule has 0 aliphatic heterocycles. The highest BCUT2D eigenvalue weighted by Gasteiger charge is 2.22. The van der Waals surface area contributed by atoms with E-state index in [0.29, 0.717) is 16.7 Å². The zero-order valence-electron chi connectivity index (χ0n) is 10.6. The maximum atomic E-state index is 11.7. The van der Waals surface area contributed by atoms with Gasteiger partial charge in [0.1, 0.15) is 11.6 Å². The predicted octanol–water partition coefficient (Wildman–Crippen LogP) is 1.99. The second-order valence-electron chi connectivity index (χ2n) is 3.76. The van der Waals surface area contributed by atoms with E-state index in [0.717, 1.165) is 0 Å². The first-order valence-corrected chi connectivity index (χ1v) is 6.06. The molecule has 2 heterocycles. The lowest BCUT2D eigenvalue weighted by Crippen LogP contribution is -2.10. The first kappa shape index (κ1) is 13.4. The van der Waals surface area contributed by atoms with E-state index in [4.69, 9.17) is 22.1 Å². The van der Waals surface area contributed by atoms with Gasteiger partial charge in [0.2, 0.25) is 0 Å². The number of aryl methyl sites for hydroxylation is 1. The molecule has 2 aromatic rings. The maximum Gasteiger partial charge on any atom is 0.360 e. The Morgan fingerprint density at radius 3 is 2.95 bits per heavy atom. The van der Waals surface area contributed by atoms with Gasteiger partial charge in [0.05, 0.1) is 11.6 Å². The highest BCUT2D eigenvalue weighted by Crippen LogP contribution is 2.24. The Labute approximate surface area is 115 Å². The summed E-state index contributed by atoms with van der Waals surface area (Å²) in [5.41, 5.74) is 6.01. The summed E-state index contributed by atoms with van der Waals surface area (Å²) in [6, 6.07) is 3.40. The van der Waals surface area contributed by atoms with Gasteiger partial charge in [0.25, 0.3) is 0 Å². The summed E-state index contributed by atoms with van der Waals surface area (Å²) in [7, 11) is 0. The smallest absolute Gasteiger partial charge is 0.360 e. The predicted molar refractivity (Wildman–Crippen MR) is 71.5 cm³/mol. The van der Waals surface area contributed by atoms with Crippen LogP contribution in [0, 0.1) is 6.92 Å². The van der Waals surface area contributed by atoms with Crippen LogP contribution in [0.15, 0.2) is 18.3 Å². The van der Waals surface area contributed by atoms with Gasteiger partial charge in [-0.2, -0.15) is 0 Å². The second kappa shape index (κ2) is 5.27. The topological polar surface area (TPSA) is 83.0 Å². The maximum absolute atomic E-state index is 11.7. The number of nitrogens with zero attached hydrogens (tertiary/aromatic N) is 3. The van der Waals surface area contributed by atoms with E-state index in [-0.39, 0.29) is 18.1 Å². The van der Waals surface area contributed by atoms with E-state index in [1.54, 1.807) is 32.2 Å². The van der Waals surface area contributed by atoms with Crippen LogP contribution in [0.1, 0.15) is 23.2 Å². The summed E-state index contributed by atoms with van der Waals surface area (Å²) < 4.78 is 6.42. The van der Waals surface area contributed by atoms with Crippen molar-refractivity contribution >= 4 is 23.4 Å². The molecule has 19 heavy (non-hydrogen) atoms. The number of carbonyl (C=O) groups excluding carboxylic acids is 1. The van der Waals surface area contributed by atoms with Gasteiger partial charge in [-0.25, -0.2) is 14.8 Å². The summed E-state index contributed by atoms with van der Waals surface area (Å²) in [5.74, 6) is 0.550. The molecule has 0 atom stereocenters. The number of pyridine rings is 1. The molecule has 0 radical (unpaired) electrons. The van der Waals surface area contributed by atoms with Gasteiger partial charge >= 0.3 is 5.97 Å². The highest BCUT2D eigenvalue weighted by molar-refractivity contribution is 6.32. The number of hydrogen-bond acceptors (Lipinski definition) is 5. The molecule has 0 aliphatic carbocycles. The minimum atomic E-state index is -0.561. The van der Waals surface area contributed by atoms with Crippen molar-refractivity contribution in [2.24, 2.45) is 0 Å². The largest absolute Gasteiger partial charge is 0.461 e. The molecule has 0 saturated carbocycles. The lowest BCUT2D eigenvalue weighted by molar-refractivity contribution is 0.0521. The molecule has 2 N–H and O–H groups in total. The van der Waals surface area contributed by atoms with Crippen molar-refractivity contribution < 1.29 is 9.53 Å². The Balaban J connectivity index is 2.54. The molecule has 100 valence electrons. The first-order chi connectivity index (χ1) is 9.06. The third kappa shape index (κ3) is 2.39. The van der Waals surface area contributed by atoms with Gasteiger partial charge < -0.3 is 10.5 Å². The zero-order chi connectivity index (χ0) is 14.0. The number of ether oxygens (including phenoxy) is 1. The van der Waals surface area contributed by atoms with Crippen LogP contribution >= 0.6 is 11.6 Å². The number of aromatic nitrogens is 3. The third-order valence-electron chi connectivity index (χ3n) is 2.50. The quantitative estimate of drug-likeness (QED) is 0.869. The number of anilines is 1. The van der Waals surface area contributed by atoms with Crippen LogP contribution in [-0.2, 0) is 4.74 Å². The number of rotatable bonds is 3. The Hall–Kier alpha value is -2.08. The molecule has 0 unspecified atom stereocenters. The number of carbonyl (C=O) groups is 1. The Bertz CT molecular complexity index is 624. The van der Waals surface area contributed by atoms with Gasteiger partial charge in [-0.1, -0.05) is 11.6 Å². The van der Waals surface area contributed by atoms with E-state index in [2.05, 4.69) is 9.97 Å². The fourth-order valence-electron chi connectivity index (χ4n) is 1.71. The number of imidazole rings is 1. The standard InChI is InChI=1S/C12H13ClN4O2/c1-3-19-12(18)9-10(14)17(7(2)16-9)11-8(13)5-4-6-15-11/h4-6H,3,14H2,1-2H3. The van der Waals surface area contributed by atoms with Gasteiger partial charge in [0.15, 0.2) is 11.5 Å². The molecular weight excluding hydrogens is 268 g/mol. The van der Waals surface area contributed by atoms with Gasteiger partial charge in [-0.05, 0) is 26.0 Å². The highest BCUT2D eigenvalue weighted by atomic mass is 35.5. The normalized spacial score (nSPS) is 10.5. The summed E-state index contributed by atoms with van der Waals surface area (Å²) in [4.78, 5) is 20.0. The molecule has 7 heteroatoms.